The number of alkyl halides is 5. The molecule has 0 bridgehead atoms. The first-order valence-electron chi connectivity index (χ1n) is 9.83. The molecule has 0 unspecified atom stereocenters. The van der Waals surface area contributed by atoms with Crippen LogP contribution < -0.4 is 9.47 Å². The van der Waals surface area contributed by atoms with Gasteiger partial charge in [-0.05, 0) is 54.1 Å². The van der Waals surface area contributed by atoms with Gasteiger partial charge in [-0.15, -0.1) is 13.2 Å². The molecule has 0 saturated heterocycles. The summed E-state index contributed by atoms with van der Waals surface area (Å²) in [7, 11) is 0. The highest BCUT2D eigenvalue weighted by Crippen LogP contribution is 2.36. The minimum atomic E-state index is -4.82. The van der Waals surface area contributed by atoms with Gasteiger partial charge in [-0.1, -0.05) is 50.3 Å². The molecule has 8 heteroatoms. The fraction of sp³-hybridized carbons (Fsp3) is 0.200. The van der Waals surface area contributed by atoms with E-state index in [2.05, 4.69) is 4.74 Å². The SMILES string of the molecule is CC(C)(C=CC(F)(F)c1ccc(F)c(Oc2ccccc2)c1)c1ccc(OC(F)(F)F)cc1. The molecule has 0 aliphatic rings. The van der Waals surface area contributed by atoms with Gasteiger partial charge in [0.15, 0.2) is 11.6 Å². The molecule has 3 rings (SSSR count). The summed E-state index contributed by atoms with van der Waals surface area (Å²) >= 11 is 0. The quantitative estimate of drug-likeness (QED) is 0.258. The third-order valence-electron chi connectivity index (χ3n) is 4.83. The monoisotopic (exact) mass is 466 g/mol. The highest BCUT2D eigenvalue weighted by molar-refractivity contribution is 5.39. The molecule has 0 saturated carbocycles. The summed E-state index contributed by atoms with van der Waals surface area (Å²) in [6.45, 7) is 3.27. The maximum atomic E-state index is 14.9. The van der Waals surface area contributed by atoms with Crippen molar-refractivity contribution in [3.63, 3.8) is 0 Å². The predicted molar refractivity (Wildman–Crippen MR) is 112 cm³/mol. The lowest BCUT2D eigenvalue weighted by molar-refractivity contribution is -0.274. The molecule has 3 aromatic carbocycles. The first-order valence-corrected chi connectivity index (χ1v) is 9.83. The topological polar surface area (TPSA) is 18.5 Å². The Labute approximate surface area is 187 Å². The largest absolute Gasteiger partial charge is 0.573 e. The molecule has 0 radical (unpaired) electrons. The third-order valence-corrected chi connectivity index (χ3v) is 4.83. The van der Waals surface area contributed by atoms with Crippen LogP contribution in [0.2, 0.25) is 0 Å². The highest BCUT2D eigenvalue weighted by atomic mass is 19.4. The van der Waals surface area contributed by atoms with E-state index >= 15 is 0 Å². The van der Waals surface area contributed by atoms with Gasteiger partial charge in [0.2, 0.25) is 0 Å². The van der Waals surface area contributed by atoms with Crippen molar-refractivity contribution in [2.45, 2.75) is 31.5 Å². The number of allylic oxidation sites excluding steroid dienone is 2. The van der Waals surface area contributed by atoms with Crippen molar-refractivity contribution < 1.29 is 35.8 Å². The van der Waals surface area contributed by atoms with Crippen molar-refractivity contribution in [3.8, 4) is 17.2 Å². The van der Waals surface area contributed by atoms with Gasteiger partial charge in [0.25, 0.3) is 5.92 Å². The molecule has 0 aliphatic carbocycles. The number of rotatable bonds is 7. The van der Waals surface area contributed by atoms with Crippen molar-refractivity contribution in [1.29, 1.82) is 0 Å². The Bertz CT molecular complexity index is 1100. The zero-order valence-electron chi connectivity index (χ0n) is 17.7. The maximum absolute atomic E-state index is 14.9. The molecule has 174 valence electrons. The van der Waals surface area contributed by atoms with Crippen LogP contribution in [0.3, 0.4) is 0 Å². The summed E-state index contributed by atoms with van der Waals surface area (Å²) < 4.78 is 90.0. The summed E-state index contributed by atoms with van der Waals surface area (Å²) in [6.07, 6.45) is -2.91. The van der Waals surface area contributed by atoms with Gasteiger partial charge < -0.3 is 9.47 Å². The van der Waals surface area contributed by atoms with Crippen LogP contribution in [-0.4, -0.2) is 6.36 Å². The van der Waals surface area contributed by atoms with Crippen LogP contribution in [0.15, 0.2) is 84.9 Å². The van der Waals surface area contributed by atoms with Crippen molar-refractivity contribution in [2.24, 2.45) is 0 Å². The Hall–Kier alpha value is -3.42. The molecule has 2 nitrogen and oxygen atoms in total. The Morgan fingerprint density at radius 2 is 1.30 bits per heavy atom. The molecule has 0 aromatic heterocycles. The zero-order valence-corrected chi connectivity index (χ0v) is 17.7. The predicted octanol–water partition coefficient (Wildman–Crippen LogP) is 8.14. The zero-order chi connectivity index (χ0) is 24.3. The average molecular weight is 466 g/mol. The minimum absolute atomic E-state index is 0.298. The molecule has 0 amide bonds. The van der Waals surface area contributed by atoms with Crippen molar-refractivity contribution >= 4 is 0 Å². The molecule has 0 N–H and O–H groups in total. The second-order valence-corrected chi connectivity index (χ2v) is 7.81. The van der Waals surface area contributed by atoms with Crippen LogP contribution in [0, 0.1) is 5.82 Å². The third kappa shape index (κ3) is 6.54. The standard InChI is InChI=1S/C25H20F6O2/c1-23(2,17-8-11-20(12-9-17)33-25(29,30)31)14-15-24(27,28)18-10-13-21(26)22(16-18)32-19-6-4-3-5-7-19/h3-16H,1-2H3. The second-order valence-electron chi connectivity index (χ2n) is 7.81. The van der Waals surface area contributed by atoms with Crippen molar-refractivity contribution in [2.75, 3.05) is 0 Å². The van der Waals surface area contributed by atoms with E-state index in [-0.39, 0.29) is 5.75 Å². The molecule has 33 heavy (non-hydrogen) atoms. The van der Waals surface area contributed by atoms with E-state index in [9.17, 15) is 26.3 Å². The molecule has 3 aromatic rings. The van der Waals surface area contributed by atoms with Crippen LogP contribution in [0.1, 0.15) is 25.0 Å². The van der Waals surface area contributed by atoms with Gasteiger partial charge in [-0.2, -0.15) is 8.78 Å². The molecule has 0 atom stereocenters. The Morgan fingerprint density at radius 3 is 1.91 bits per heavy atom. The Kier molecular flexibility index (Phi) is 6.76. The first kappa shape index (κ1) is 24.2. The number of hydrogen-bond acceptors (Lipinski definition) is 2. The van der Waals surface area contributed by atoms with E-state index in [0.29, 0.717) is 17.4 Å². The van der Waals surface area contributed by atoms with Crippen LogP contribution in [0.4, 0.5) is 26.3 Å². The molecule has 0 aliphatic heterocycles. The van der Waals surface area contributed by atoms with E-state index in [0.717, 1.165) is 30.3 Å². The fourth-order valence-electron chi connectivity index (χ4n) is 3.00. The van der Waals surface area contributed by atoms with Gasteiger partial charge in [-0.25, -0.2) is 4.39 Å². The first-order chi connectivity index (χ1) is 15.4. The van der Waals surface area contributed by atoms with Gasteiger partial charge in [0.1, 0.15) is 11.5 Å². The maximum Gasteiger partial charge on any atom is 0.573 e. The Balaban J connectivity index is 1.80. The van der Waals surface area contributed by atoms with E-state index in [4.69, 9.17) is 4.74 Å². The van der Waals surface area contributed by atoms with E-state index in [1.165, 1.54) is 18.2 Å². The normalized spacial score (nSPS) is 12.7. The second kappa shape index (κ2) is 9.21. The molecule has 0 spiro atoms. The average Bonchev–Trinajstić information content (AvgIpc) is 2.74. The Morgan fingerprint density at radius 1 is 0.697 bits per heavy atom. The number of para-hydroxylation sites is 1. The van der Waals surface area contributed by atoms with E-state index < -0.39 is 34.8 Å². The molecular weight excluding hydrogens is 446 g/mol. The lowest BCUT2D eigenvalue weighted by Crippen LogP contribution is -2.18. The molecule has 0 fully saturated rings. The summed E-state index contributed by atoms with van der Waals surface area (Å²) in [5, 5.41) is 0. The van der Waals surface area contributed by atoms with Crippen LogP contribution in [-0.2, 0) is 11.3 Å². The van der Waals surface area contributed by atoms with Crippen LogP contribution >= 0.6 is 0 Å². The summed E-state index contributed by atoms with van der Waals surface area (Å²) in [6, 6.07) is 16.0. The number of hydrogen-bond donors (Lipinski definition) is 0. The highest BCUT2D eigenvalue weighted by Gasteiger charge is 2.32. The lowest BCUT2D eigenvalue weighted by Gasteiger charge is -2.23. The molecular formula is C25H20F6O2. The summed E-state index contributed by atoms with van der Waals surface area (Å²) in [5.41, 5.74) is -0.920. The van der Waals surface area contributed by atoms with Crippen LogP contribution in [0.25, 0.3) is 0 Å². The minimum Gasteiger partial charge on any atom is -0.454 e. The lowest BCUT2D eigenvalue weighted by atomic mass is 9.83. The smallest absolute Gasteiger partial charge is 0.454 e. The van der Waals surface area contributed by atoms with Gasteiger partial charge >= 0.3 is 6.36 Å². The van der Waals surface area contributed by atoms with E-state index in [1.807, 2.05) is 0 Å². The van der Waals surface area contributed by atoms with E-state index in [1.54, 1.807) is 44.2 Å². The summed E-state index contributed by atoms with van der Waals surface area (Å²) in [4.78, 5) is 0. The fourth-order valence-corrected chi connectivity index (χ4v) is 3.00. The van der Waals surface area contributed by atoms with Gasteiger partial charge in [-0.3, -0.25) is 0 Å². The number of benzene rings is 3. The van der Waals surface area contributed by atoms with Gasteiger partial charge in [0.05, 0.1) is 0 Å². The van der Waals surface area contributed by atoms with Crippen molar-refractivity contribution in [1.82, 2.24) is 0 Å². The number of ether oxygens (including phenoxy) is 2. The van der Waals surface area contributed by atoms with Crippen LogP contribution in [0.5, 0.6) is 17.2 Å². The van der Waals surface area contributed by atoms with Crippen molar-refractivity contribution in [3.05, 3.63) is 102 Å². The van der Waals surface area contributed by atoms with Gasteiger partial charge in [0, 0.05) is 11.0 Å². The number of halogens is 6. The summed E-state index contributed by atoms with van der Waals surface area (Å²) in [5.74, 6) is -4.70. The molecule has 0 heterocycles.